The highest BCUT2D eigenvalue weighted by Gasteiger charge is 2.53. The maximum absolute atomic E-state index is 13.0. The Bertz CT molecular complexity index is 1040. The lowest BCUT2D eigenvalue weighted by atomic mass is 9.96. The molecule has 2 aromatic rings. The average Bonchev–Trinajstić information content (AvgIpc) is 3.47. The molecule has 0 spiro atoms. The molecule has 1 atom stereocenters. The van der Waals surface area contributed by atoms with E-state index in [-0.39, 0.29) is 5.75 Å². The summed E-state index contributed by atoms with van der Waals surface area (Å²) in [4.78, 5) is 27.0. The van der Waals surface area contributed by atoms with Gasteiger partial charge in [0.2, 0.25) is 0 Å². The van der Waals surface area contributed by atoms with Gasteiger partial charge in [-0.3, -0.25) is 9.59 Å². The number of ether oxygens (including phenoxy) is 1. The summed E-state index contributed by atoms with van der Waals surface area (Å²) in [5.41, 5.74) is 0.780. The molecule has 4 rings (SSSR count). The van der Waals surface area contributed by atoms with Gasteiger partial charge in [-0.2, -0.15) is 0 Å². The maximum Gasteiger partial charge on any atom is 0.317 e. The van der Waals surface area contributed by atoms with E-state index in [1.165, 1.54) is 11.0 Å². The Hall–Kier alpha value is -2.93. The van der Waals surface area contributed by atoms with Gasteiger partial charge < -0.3 is 9.64 Å². The van der Waals surface area contributed by atoms with Gasteiger partial charge in [0, 0.05) is 11.1 Å². The van der Waals surface area contributed by atoms with Crippen molar-refractivity contribution in [3.8, 4) is 0 Å². The summed E-state index contributed by atoms with van der Waals surface area (Å²) in [6.07, 6.45) is 2.88. The van der Waals surface area contributed by atoms with Crippen molar-refractivity contribution in [3.63, 3.8) is 0 Å². The van der Waals surface area contributed by atoms with Crippen molar-refractivity contribution < 1.29 is 22.7 Å². The van der Waals surface area contributed by atoms with Gasteiger partial charge in [-0.1, -0.05) is 48.5 Å². The van der Waals surface area contributed by atoms with Crippen molar-refractivity contribution in [1.29, 1.82) is 0 Å². The minimum atomic E-state index is -3.34. The van der Waals surface area contributed by atoms with Crippen LogP contribution in [-0.2, 0) is 29.6 Å². The molecular weight excluding hydrogens is 390 g/mol. The summed E-state index contributed by atoms with van der Waals surface area (Å²) in [7, 11) is -3.34. The standard InChI is InChI=1S/C22H21NO5S/c24-20(15-28-21(25)22(12-13-22)17-7-3-1-4-8-17)23(18-9-5-2-6-10-18)19-11-14-29(26,27)16-19/h1-11,14,19H,12-13,15-16H2. The van der Waals surface area contributed by atoms with E-state index in [1.807, 2.05) is 36.4 Å². The van der Waals surface area contributed by atoms with Crippen LogP contribution >= 0.6 is 0 Å². The molecule has 6 nitrogen and oxygen atoms in total. The molecule has 2 aliphatic rings. The van der Waals surface area contributed by atoms with E-state index in [0.29, 0.717) is 18.5 Å². The second kappa shape index (κ2) is 7.48. The number of benzene rings is 2. The van der Waals surface area contributed by atoms with Crippen molar-refractivity contribution >= 4 is 27.4 Å². The quantitative estimate of drug-likeness (QED) is 0.683. The van der Waals surface area contributed by atoms with Crippen LogP contribution in [0.2, 0.25) is 0 Å². The van der Waals surface area contributed by atoms with Crippen LogP contribution in [0.25, 0.3) is 0 Å². The smallest absolute Gasteiger partial charge is 0.317 e. The highest BCUT2D eigenvalue weighted by molar-refractivity contribution is 7.94. The van der Waals surface area contributed by atoms with Crippen LogP contribution in [0.5, 0.6) is 0 Å². The van der Waals surface area contributed by atoms with Gasteiger partial charge in [0.15, 0.2) is 16.4 Å². The van der Waals surface area contributed by atoms with Crippen LogP contribution in [0.3, 0.4) is 0 Å². The van der Waals surface area contributed by atoms with Crippen molar-refractivity contribution in [2.75, 3.05) is 17.3 Å². The first-order valence-electron chi connectivity index (χ1n) is 9.42. The van der Waals surface area contributed by atoms with E-state index in [2.05, 4.69) is 0 Å². The van der Waals surface area contributed by atoms with E-state index in [4.69, 9.17) is 4.74 Å². The lowest BCUT2D eigenvalue weighted by Crippen LogP contribution is -2.44. The molecule has 0 N–H and O–H groups in total. The SMILES string of the molecule is O=C(COC(=O)C1(c2ccccc2)CC1)N(c1ccccc1)C1C=CS(=O)(=O)C1. The summed E-state index contributed by atoms with van der Waals surface area (Å²) in [5.74, 6) is -1.06. The Labute approximate surface area is 169 Å². The zero-order valence-corrected chi connectivity index (χ0v) is 16.5. The van der Waals surface area contributed by atoms with Crippen LogP contribution in [0.1, 0.15) is 18.4 Å². The van der Waals surface area contributed by atoms with Gasteiger partial charge in [0.25, 0.3) is 5.91 Å². The van der Waals surface area contributed by atoms with E-state index in [9.17, 15) is 18.0 Å². The molecule has 150 valence electrons. The maximum atomic E-state index is 13.0. The van der Waals surface area contributed by atoms with Crippen LogP contribution in [0.15, 0.2) is 72.1 Å². The van der Waals surface area contributed by atoms with Gasteiger partial charge in [0.1, 0.15) is 0 Å². The lowest BCUT2D eigenvalue weighted by molar-refractivity contribution is -0.150. The molecule has 1 amide bonds. The van der Waals surface area contributed by atoms with Gasteiger partial charge in [-0.25, -0.2) is 8.42 Å². The molecule has 0 radical (unpaired) electrons. The number of anilines is 1. The third kappa shape index (κ3) is 3.96. The molecule has 1 unspecified atom stereocenters. The Morgan fingerprint density at radius 3 is 2.17 bits per heavy atom. The number of para-hydroxylation sites is 1. The Morgan fingerprint density at radius 1 is 1.00 bits per heavy atom. The first-order chi connectivity index (χ1) is 13.9. The Kier molecular flexibility index (Phi) is 5.00. The molecule has 1 aliphatic carbocycles. The highest BCUT2D eigenvalue weighted by atomic mass is 32.2. The Morgan fingerprint density at radius 2 is 1.62 bits per heavy atom. The third-order valence-corrected chi connectivity index (χ3v) is 6.72. The average molecular weight is 411 g/mol. The van der Waals surface area contributed by atoms with Gasteiger partial charge in [0.05, 0.1) is 17.2 Å². The van der Waals surface area contributed by atoms with E-state index in [0.717, 1.165) is 11.0 Å². The largest absolute Gasteiger partial charge is 0.455 e. The second-order valence-electron chi connectivity index (χ2n) is 7.35. The van der Waals surface area contributed by atoms with Crippen molar-refractivity contribution in [2.24, 2.45) is 0 Å². The molecule has 1 saturated carbocycles. The molecular formula is C22H21NO5S. The molecule has 0 aromatic heterocycles. The molecule has 1 aliphatic heterocycles. The number of amides is 1. The molecule has 1 fully saturated rings. The summed E-state index contributed by atoms with van der Waals surface area (Å²) < 4.78 is 29.1. The zero-order valence-electron chi connectivity index (χ0n) is 15.7. The molecule has 2 aromatic carbocycles. The van der Waals surface area contributed by atoms with Crippen LogP contribution in [0, 0.1) is 0 Å². The number of carbonyl (C=O) groups is 2. The zero-order chi connectivity index (χ0) is 20.5. The van der Waals surface area contributed by atoms with E-state index < -0.39 is 39.8 Å². The number of nitrogens with zero attached hydrogens (tertiary/aromatic N) is 1. The predicted molar refractivity (Wildman–Crippen MR) is 109 cm³/mol. The van der Waals surface area contributed by atoms with E-state index in [1.54, 1.807) is 24.3 Å². The van der Waals surface area contributed by atoms with Gasteiger partial charge in [-0.05, 0) is 36.6 Å². The summed E-state index contributed by atoms with van der Waals surface area (Å²) in [6, 6.07) is 17.6. The molecule has 0 saturated heterocycles. The molecule has 0 bridgehead atoms. The first-order valence-corrected chi connectivity index (χ1v) is 11.1. The number of esters is 1. The third-order valence-electron chi connectivity index (χ3n) is 5.34. The van der Waals surface area contributed by atoms with Gasteiger partial charge in [-0.15, -0.1) is 0 Å². The number of carbonyl (C=O) groups excluding carboxylic acids is 2. The monoisotopic (exact) mass is 411 g/mol. The predicted octanol–water partition coefficient (Wildman–Crippen LogP) is 2.61. The van der Waals surface area contributed by atoms with Crippen molar-refractivity contribution in [3.05, 3.63) is 77.7 Å². The van der Waals surface area contributed by atoms with Crippen molar-refractivity contribution in [2.45, 2.75) is 24.3 Å². The number of rotatable bonds is 6. The topological polar surface area (TPSA) is 80.8 Å². The molecule has 7 heteroatoms. The van der Waals surface area contributed by atoms with Crippen LogP contribution < -0.4 is 4.90 Å². The molecule has 1 heterocycles. The minimum Gasteiger partial charge on any atom is -0.455 e. The highest BCUT2D eigenvalue weighted by Crippen LogP contribution is 2.49. The van der Waals surface area contributed by atoms with Gasteiger partial charge >= 0.3 is 5.97 Å². The summed E-state index contributed by atoms with van der Waals surface area (Å²) in [5, 5.41) is 1.13. The van der Waals surface area contributed by atoms with Crippen LogP contribution in [0.4, 0.5) is 5.69 Å². The first kappa shape index (κ1) is 19.4. The Balaban J connectivity index is 1.49. The number of hydrogen-bond acceptors (Lipinski definition) is 5. The minimum absolute atomic E-state index is 0.185. The fourth-order valence-electron chi connectivity index (χ4n) is 3.66. The van der Waals surface area contributed by atoms with Crippen molar-refractivity contribution in [1.82, 2.24) is 0 Å². The van der Waals surface area contributed by atoms with E-state index >= 15 is 0 Å². The molecule has 29 heavy (non-hydrogen) atoms. The summed E-state index contributed by atoms with van der Waals surface area (Å²) in [6.45, 7) is -0.438. The van der Waals surface area contributed by atoms with Crippen LogP contribution in [-0.4, -0.2) is 38.7 Å². The normalized spacial score (nSPS) is 20.8. The lowest BCUT2D eigenvalue weighted by Gasteiger charge is -2.27. The number of hydrogen-bond donors (Lipinski definition) is 0. The second-order valence-corrected chi connectivity index (χ2v) is 9.28. The fraction of sp³-hybridized carbons (Fsp3) is 0.273. The summed E-state index contributed by atoms with van der Waals surface area (Å²) >= 11 is 0. The fourth-order valence-corrected chi connectivity index (χ4v) is 4.93. The number of sulfone groups is 1.